The lowest BCUT2D eigenvalue weighted by molar-refractivity contribution is 0.210. The molecule has 6 heteroatoms. The van der Waals surface area contributed by atoms with Gasteiger partial charge in [-0.25, -0.2) is 13.6 Å². The maximum atomic E-state index is 13.5. The fraction of sp³-hybridized carbons (Fsp3) is 0.0833. The third-order valence-electron chi connectivity index (χ3n) is 2.36. The van der Waals surface area contributed by atoms with Crippen LogP contribution in [0.15, 0.2) is 29.6 Å². The van der Waals surface area contributed by atoms with E-state index in [1.54, 1.807) is 11.4 Å². The number of anilines is 1. The van der Waals surface area contributed by atoms with E-state index in [-0.39, 0.29) is 12.0 Å². The first-order valence-corrected chi connectivity index (χ1v) is 5.94. The Hall–Kier alpha value is -1.95. The maximum absolute atomic E-state index is 13.5. The Labute approximate surface area is 106 Å². The Kier molecular flexibility index (Phi) is 3.57. The van der Waals surface area contributed by atoms with Crippen molar-refractivity contribution in [3.63, 3.8) is 0 Å². The summed E-state index contributed by atoms with van der Waals surface area (Å²) in [7, 11) is 0. The van der Waals surface area contributed by atoms with Gasteiger partial charge >= 0.3 is 6.09 Å². The van der Waals surface area contributed by atoms with Gasteiger partial charge in [-0.3, -0.25) is 5.32 Å². The molecule has 94 valence electrons. The summed E-state index contributed by atoms with van der Waals surface area (Å²) >= 11 is 1.20. The molecule has 0 saturated heterocycles. The van der Waals surface area contributed by atoms with E-state index >= 15 is 0 Å². The van der Waals surface area contributed by atoms with Crippen molar-refractivity contribution >= 4 is 22.4 Å². The highest BCUT2D eigenvalue weighted by Gasteiger charge is 2.11. The number of carboxylic acid groups (broad SMARTS) is 1. The molecule has 2 aromatic rings. The summed E-state index contributed by atoms with van der Waals surface area (Å²) in [6, 6.07) is 4.89. The highest BCUT2D eigenvalue weighted by Crippen LogP contribution is 2.26. The molecule has 1 heterocycles. The molecule has 0 saturated carbocycles. The van der Waals surface area contributed by atoms with Gasteiger partial charge in [0.05, 0.1) is 0 Å². The standard InChI is InChI=1S/C12H9F2NO2S/c13-9-1-2-10(14)8(6-9)5-7-3-4-18-11(7)15-12(16)17/h1-4,6,15H,5H2,(H,16,17). The molecule has 0 aliphatic rings. The molecule has 0 radical (unpaired) electrons. The summed E-state index contributed by atoms with van der Waals surface area (Å²) in [6.07, 6.45) is -1.04. The predicted octanol–water partition coefficient (Wildman–Crippen LogP) is 3.71. The molecule has 18 heavy (non-hydrogen) atoms. The molecule has 1 aromatic carbocycles. The first-order valence-electron chi connectivity index (χ1n) is 5.06. The molecule has 0 spiro atoms. The minimum atomic E-state index is -1.18. The molecular formula is C12H9F2NO2S. The second kappa shape index (κ2) is 5.14. The van der Waals surface area contributed by atoms with E-state index in [0.29, 0.717) is 10.6 Å². The molecule has 1 amide bonds. The molecular weight excluding hydrogens is 260 g/mol. The van der Waals surface area contributed by atoms with E-state index < -0.39 is 17.7 Å². The van der Waals surface area contributed by atoms with Crippen LogP contribution in [-0.2, 0) is 6.42 Å². The van der Waals surface area contributed by atoms with Gasteiger partial charge in [0, 0.05) is 6.42 Å². The lowest BCUT2D eigenvalue weighted by Gasteiger charge is -2.05. The summed E-state index contributed by atoms with van der Waals surface area (Å²) < 4.78 is 26.5. The van der Waals surface area contributed by atoms with Gasteiger partial charge in [-0.1, -0.05) is 0 Å². The minimum Gasteiger partial charge on any atom is -0.465 e. The molecule has 0 aliphatic heterocycles. The summed E-state index contributed by atoms with van der Waals surface area (Å²) in [6.45, 7) is 0. The number of rotatable bonds is 3. The number of hydrogen-bond acceptors (Lipinski definition) is 2. The van der Waals surface area contributed by atoms with Crippen molar-refractivity contribution < 1.29 is 18.7 Å². The smallest absolute Gasteiger partial charge is 0.409 e. The van der Waals surface area contributed by atoms with Crippen LogP contribution in [0.5, 0.6) is 0 Å². The number of nitrogens with one attached hydrogen (secondary N) is 1. The van der Waals surface area contributed by atoms with Gasteiger partial charge in [-0.2, -0.15) is 0 Å². The van der Waals surface area contributed by atoms with E-state index in [9.17, 15) is 13.6 Å². The average molecular weight is 269 g/mol. The summed E-state index contributed by atoms with van der Waals surface area (Å²) in [5.74, 6) is -1.03. The Morgan fingerprint density at radius 3 is 2.78 bits per heavy atom. The first-order chi connectivity index (χ1) is 8.56. The molecule has 0 aliphatic carbocycles. The van der Waals surface area contributed by atoms with Crippen LogP contribution in [0.1, 0.15) is 11.1 Å². The molecule has 1 aromatic heterocycles. The first kappa shape index (κ1) is 12.5. The summed E-state index contributed by atoms with van der Waals surface area (Å²) in [5.41, 5.74) is 0.814. The van der Waals surface area contributed by atoms with Crippen molar-refractivity contribution in [1.29, 1.82) is 0 Å². The second-order valence-corrected chi connectivity index (χ2v) is 4.53. The van der Waals surface area contributed by atoms with Crippen molar-refractivity contribution in [2.75, 3.05) is 5.32 Å². The maximum Gasteiger partial charge on any atom is 0.409 e. The molecule has 0 atom stereocenters. The topological polar surface area (TPSA) is 49.3 Å². The fourth-order valence-electron chi connectivity index (χ4n) is 1.57. The number of hydrogen-bond donors (Lipinski definition) is 2. The van der Waals surface area contributed by atoms with Crippen LogP contribution in [0.3, 0.4) is 0 Å². The van der Waals surface area contributed by atoms with Crippen LogP contribution in [0.2, 0.25) is 0 Å². The quantitative estimate of drug-likeness (QED) is 0.892. The molecule has 2 rings (SSSR count). The van der Waals surface area contributed by atoms with Crippen LogP contribution in [0.4, 0.5) is 18.6 Å². The van der Waals surface area contributed by atoms with E-state index in [2.05, 4.69) is 5.32 Å². The molecule has 0 bridgehead atoms. The fourth-order valence-corrected chi connectivity index (χ4v) is 2.37. The SMILES string of the molecule is O=C(O)Nc1sccc1Cc1cc(F)ccc1F. The van der Waals surface area contributed by atoms with Gasteiger partial charge < -0.3 is 5.11 Å². The van der Waals surface area contributed by atoms with Gasteiger partial charge in [0.1, 0.15) is 16.6 Å². The van der Waals surface area contributed by atoms with Crippen LogP contribution in [0.25, 0.3) is 0 Å². The molecule has 3 nitrogen and oxygen atoms in total. The van der Waals surface area contributed by atoms with Crippen molar-refractivity contribution in [2.24, 2.45) is 0 Å². The van der Waals surface area contributed by atoms with Gasteiger partial charge in [-0.15, -0.1) is 11.3 Å². The third kappa shape index (κ3) is 2.84. The van der Waals surface area contributed by atoms with E-state index in [1.165, 1.54) is 11.3 Å². The highest BCUT2D eigenvalue weighted by molar-refractivity contribution is 7.14. The molecule has 0 unspecified atom stereocenters. The Morgan fingerprint density at radius 2 is 2.06 bits per heavy atom. The monoisotopic (exact) mass is 269 g/mol. The van der Waals surface area contributed by atoms with Crippen LogP contribution in [-0.4, -0.2) is 11.2 Å². The highest BCUT2D eigenvalue weighted by atomic mass is 32.1. The number of benzene rings is 1. The van der Waals surface area contributed by atoms with Crippen LogP contribution >= 0.6 is 11.3 Å². The van der Waals surface area contributed by atoms with Crippen LogP contribution in [0, 0.1) is 11.6 Å². The lowest BCUT2D eigenvalue weighted by atomic mass is 10.1. The Balaban J connectivity index is 2.26. The minimum absolute atomic E-state index is 0.142. The van der Waals surface area contributed by atoms with Crippen molar-refractivity contribution in [1.82, 2.24) is 0 Å². The van der Waals surface area contributed by atoms with Crippen molar-refractivity contribution in [2.45, 2.75) is 6.42 Å². The van der Waals surface area contributed by atoms with Gasteiger partial charge in [-0.05, 0) is 40.8 Å². The second-order valence-electron chi connectivity index (χ2n) is 3.62. The van der Waals surface area contributed by atoms with E-state index in [0.717, 1.165) is 18.2 Å². The lowest BCUT2D eigenvalue weighted by Crippen LogP contribution is -2.07. The van der Waals surface area contributed by atoms with E-state index in [4.69, 9.17) is 5.11 Å². The molecule has 0 fully saturated rings. The zero-order chi connectivity index (χ0) is 13.1. The predicted molar refractivity (Wildman–Crippen MR) is 65.1 cm³/mol. The van der Waals surface area contributed by atoms with Gasteiger partial charge in [0.15, 0.2) is 0 Å². The van der Waals surface area contributed by atoms with Gasteiger partial charge in [0.25, 0.3) is 0 Å². The van der Waals surface area contributed by atoms with Crippen LogP contribution < -0.4 is 5.32 Å². The van der Waals surface area contributed by atoms with E-state index in [1.807, 2.05) is 0 Å². The summed E-state index contributed by atoms with van der Waals surface area (Å²) in [5, 5.41) is 13.0. The average Bonchev–Trinajstić information content (AvgIpc) is 2.70. The van der Waals surface area contributed by atoms with Crippen molar-refractivity contribution in [3.8, 4) is 0 Å². The Morgan fingerprint density at radius 1 is 1.28 bits per heavy atom. The number of halogens is 2. The molecule has 2 N–H and O–H groups in total. The zero-order valence-electron chi connectivity index (χ0n) is 9.11. The normalized spacial score (nSPS) is 10.3. The third-order valence-corrected chi connectivity index (χ3v) is 3.23. The number of thiophene rings is 1. The number of amides is 1. The van der Waals surface area contributed by atoms with Gasteiger partial charge in [0.2, 0.25) is 0 Å². The largest absolute Gasteiger partial charge is 0.465 e. The number of carbonyl (C=O) groups is 1. The Bertz CT molecular complexity index is 583. The summed E-state index contributed by atoms with van der Waals surface area (Å²) in [4.78, 5) is 10.6. The zero-order valence-corrected chi connectivity index (χ0v) is 9.93. The van der Waals surface area contributed by atoms with Crippen molar-refractivity contribution in [3.05, 3.63) is 52.4 Å².